The number of aliphatic carboxylic acids is 1. The van der Waals surface area contributed by atoms with E-state index < -0.39 is 18.1 Å². The standard InChI is InChI=1S/C20H28N2O3/c1-14(19(23)22-13-12-16-8-5-9-18(16)22)21-17(20(24)25)11-10-15-6-3-2-4-7-15/h2-4,6-7,14,16-18,21H,5,8-13H2,1H3,(H,24,25)/t14-,16-,17?,18-/m0/s1. The van der Waals surface area contributed by atoms with Gasteiger partial charge in [-0.15, -0.1) is 0 Å². The Morgan fingerprint density at radius 3 is 2.72 bits per heavy atom. The molecule has 0 bridgehead atoms. The number of hydrogen-bond donors (Lipinski definition) is 2. The summed E-state index contributed by atoms with van der Waals surface area (Å²) in [5.74, 6) is -0.180. The number of hydrogen-bond acceptors (Lipinski definition) is 3. The van der Waals surface area contributed by atoms with Crippen LogP contribution in [-0.4, -0.2) is 46.6 Å². The van der Waals surface area contributed by atoms with Gasteiger partial charge in [-0.2, -0.15) is 0 Å². The molecule has 1 aromatic rings. The first-order valence-electron chi connectivity index (χ1n) is 9.39. The van der Waals surface area contributed by atoms with Crippen LogP contribution in [0.1, 0.15) is 44.6 Å². The lowest BCUT2D eigenvalue weighted by molar-refractivity contribution is -0.140. The van der Waals surface area contributed by atoms with E-state index in [0.29, 0.717) is 24.8 Å². The third-order valence-electron chi connectivity index (χ3n) is 5.73. The van der Waals surface area contributed by atoms with Crippen LogP contribution in [0.5, 0.6) is 0 Å². The number of nitrogens with zero attached hydrogens (tertiary/aromatic N) is 1. The first-order valence-corrected chi connectivity index (χ1v) is 9.39. The highest BCUT2D eigenvalue weighted by molar-refractivity contribution is 5.83. The maximum absolute atomic E-state index is 12.8. The van der Waals surface area contributed by atoms with Gasteiger partial charge in [0.15, 0.2) is 0 Å². The second-order valence-electron chi connectivity index (χ2n) is 7.38. The second-order valence-corrected chi connectivity index (χ2v) is 7.38. The lowest BCUT2D eigenvalue weighted by Gasteiger charge is -2.28. The van der Waals surface area contributed by atoms with Gasteiger partial charge in [-0.3, -0.25) is 14.9 Å². The van der Waals surface area contributed by atoms with Crippen LogP contribution >= 0.6 is 0 Å². The summed E-state index contributed by atoms with van der Waals surface area (Å²) in [6.45, 7) is 2.62. The van der Waals surface area contributed by atoms with Crippen molar-refractivity contribution in [1.82, 2.24) is 10.2 Å². The van der Waals surface area contributed by atoms with E-state index >= 15 is 0 Å². The van der Waals surface area contributed by atoms with Crippen LogP contribution in [0.2, 0.25) is 0 Å². The molecule has 0 aromatic heterocycles. The Morgan fingerprint density at radius 1 is 1.24 bits per heavy atom. The minimum absolute atomic E-state index is 0.0559. The summed E-state index contributed by atoms with van der Waals surface area (Å²) in [4.78, 5) is 26.4. The molecule has 0 radical (unpaired) electrons. The van der Waals surface area contributed by atoms with Gasteiger partial charge in [0.05, 0.1) is 6.04 Å². The van der Waals surface area contributed by atoms with Crippen LogP contribution < -0.4 is 5.32 Å². The molecule has 136 valence electrons. The number of rotatable bonds is 7. The lowest BCUT2D eigenvalue weighted by atomic mass is 10.0. The number of carboxylic acid groups (broad SMARTS) is 1. The van der Waals surface area contributed by atoms with Crippen molar-refractivity contribution in [3.05, 3.63) is 35.9 Å². The quantitative estimate of drug-likeness (QED) is 0.797. The van der Waals surface area contributed by atoms with Crippen LogP contribution in [-0.2, 0) is 16.0 Å². The molecule has 1 amide bonds. The average molecular weight is 344 g/mol. The molecule has 1 heterocycles. The maximum atomic E-state index is 12.8. The highest BCUT2D eigenvalue weighted by Crippen LogP contribution is 2.37. The summed E-state index contributed by atoms with van der Waals surface area (Å²) in [6.07, 6.45) is 5.78. The number of fused-ring (bicyclic) bond motifs is 1. The fraction of sp³-hybridized carbons (Fsp3) is 0.600. The molecule has 4 atom stereocenters. The third kappa shape index (κ3) is 4.21. The molecular weight excluding hydrogens is 316 g/mol. The molecule has 0 spiro atoms. The molecular formula is C20H28N2O3. The SMILES string of the molecule is C[C@H](NC(CCc1ccccc1)C(=O)O)C(=O)N1CC[C@@H]2CCC[C@@H]21. The molecule has 1 saturated heterocycles. The van der Waals surface area contributed by atoms with Crippen LogP contribution in [0.4, 0.5) is 0 Å². The summed E-state index contributed by atoms with van der Waals surface area (Å²) < 4.78 is 0. The topological polar surface area (TPSA) is 69.6 Å². The van der Waals surface area contributed by atoms with E-state index in [9.17, 15) is 14.7 Å². The van der Waals surface area contributed by atoms with Crippen molar-refractivity contribution < 1.29 is 14.7 Å². The van der Waals surface area contributed by atoms with E-state index in [0.717, 1.165) is 24.9 Å². The summed E-state index contributed by atoms with van der Waals surface area (Å²) in [5.41, 5.74) is 1.11. The molecule has 2 fully saturated rings. The number of aryl methyl sites for hydroxylation is 1. The van der Waals surface area contributed by atoms with E-state index in [4.69, 9.17) is 0 Å². The maximum Gasteiger partial charge on any atom is 0.320 e. The minimum atomic E-state index is -0.893. The molecule has 2 aliphatic rings. The molecule has 2 N–H and O–H groups in total. The van der Waals surface area contributed by atoms with Gasteiger partial charge in [0.1, 0.15) is 6.04 Å². The van der Waals surface area contributed by atoms with Crippen molar-refractivity contribution in [2.75, 3.05) is 6.54 Å². The van der Waals surface area contributed by atoms with Crippen LogP contribution in [0.25, 0.3) is 0 Å². The molecule has 1 aromatic carbocycles. The lowest BCUT2D eigenvalue weighted by Crippen LogP contribution is -2.52. The zero-order valence-corrected chi connectivity index (χ0v) is 14.9. The molecule has 5 nitrogen and oxygen atoms in total. The Kier molecular flexibility index (Phi) is 5.74. The van der Waals surface area contributed by atoms with Gasteiger partial charge < -0.3 is 10.0 Å². The van der Waals surface area contributed by atoms with Gasteiger partial charge in [-0.05, 0) is 50.5 Å². The monoisotopic (exact) mass is 344 g/mol. The molecule has 1 aliphatic carbocycles. The highest BCUT2D eigenvalue weighted by atomic mass is 16.4. The number of nitrogens with one attached hydrogen (secondary N) is 1. The highest BCUT2D eigenvalue weighted by Gasteiger charge is 2.41. The Labute approximate surface area is 149 Å². The number of benzene rings is 1. The molecule has 1 unspecified atom stereocenters. The molecule has 5 heteroatoms. The van der Waals surface area contributed by atoms with Crippen molar-refractivity contribution >= 4 is 11.9 Å². The van der Waals surface area contributed by atoms with E-state index in [2.05, 4.69) is 5.32 Å². The van der Waals surface area contributed by atoms with Crippen LogP contribution in [0.3, 0.4) is 0 Å². The molecule has 1 aliphatic heterocycles. The number of carbonyl (C=O) groups excluding carboxylic acids is 1. The van der Waals surface area contributed by atoms with Gasteiger partial charge >= 0.3 is 5.97 Å². The fourth-order valence-electron chi connectivity index (χ4n) is 4.36. The van der Waals surface area contributed by atoms with Gasteiger partial charge in [0.25, 0.3) is 0 Å². The zero-order valence-electron chi connectivity index (χ0n) is 14.9. The number of carboxylic acids is 1. The Morgan fingerprint density at radius 2 is 2.00 bits per heavy atom. The summed E-state index contributed by atoms with van der Waals surface area (Å²) in [7, 11) is 0. The Hall–Kier alpha value is -1.88. The van der Waals surface area contributed by atoms with Gasteiger partial charge in [-0.1, -0.05) is 36.8 Å². The normalized spacial score (nSPS) is 24.8. The summed E-state index contributed by atoms with van der Waals surface area (Å²) in [6, 6.07) is 9.06. The van der Waals surface area contributed by atoms with Gasteiger partial charge in [-0.25, -0.2) is 0 Å². The fourth-order valence-corrected chi connectivity index (χ4v) is 4.36. The van der Waals surface area contributed by atoms with Crippen molar-refractivity contribution in [3.63, 3.8) is 0 Å². The van der Waals surface area contributed by atoms with Crippen molar-refractivity contribution in [2.45, 2.75) is 63.6 Å². The third-order valence-corrected chi connectivity index (χ3v) is 5.73. The first-order chi connectivity index (χ1) is 12.1. The van der Waals surface area contributed by atoms with Crippen molar-refractivity contribution in [3.8, 4) is 0 Å². The van der Waals surface area contributed by atoms with Crippen LogP contribution in [0.15, 0.2) is 30.3 Å². The van der Waals surface area contributed by atoms with Crippen molar-refractivity contribution in [2.24, 2.45) is 5.92 Å². The van der Waals surface area contributed by atoms with Gasteiger partial charge in [0.2, 0.25) is 5.91 Å². The van der Waals surface area contributed by atoms with E-state index in [1.165, 1.54) is 12.8 Å². The second kappa shape index (κ2) is 8.00. The smallest absolute Gasteiger partial charge is 0.320 e. The Balaban J connectivity index is 1.55. The molecule has 25 heavy (non-hydrogen) atoms. The first kappa shape index (κ1) is 17.9. The van der Waals surface area contributed by atoms with Gasteiger partial charge in [0, 0.05) is 12.6 Å². The van der Waals surface area contributed by atoms with E-state index in [-0.39, 0.29) is 5.91 Å². The number of likely N-dealkylation sites (tertiary alicyclic amines) is 1. The predicted octanol–water partition coefficient (Wildman–Crippen LogP) is 2.45. The zero-order chi connectivity index (χ0) is 17.8. The molecule has 1 saturated carbocycles. The largest absolute Gasteiger partial charge is 0.480 e. The van der Waals surface area contributed by atoms with Crippen LogP contribution in [0, 0.1) is 5.92 Å². The van der Waals surface area contributed by atoms with E-state index in [1.807, 2.05) is 35.2 Å². The molecule has 3 rings (SSSR count). The number of amides is 1. The minimum Gasteiger partial charge on any atom is -0.480 e. The summed E-state index contributed by atoms with van der Waals surface area (Å²) >= 11 is 0. The predicted molar refractivity (Wildman–Crippen MR) is 96.2 cm³/mol. The van der Waals surface area contributed by atoms with Crippen molar-refractivity contribution in [1.29, 1.82) is 0 Å². The summed E-state index contributed by atoms with van der Waals surface area (Å²) in [5, 5.41) is 12.6. The Bertz CT molecular complexity index is 604. The number of carbonyl (C=O) groups is 2. The van der Waals surface area contributed by atoms with E-state index in [1.54, 1.807) is 6.92 Å². The average Bonchev–Trinajstić information content (AvgIpc) is 3.21.